The van der Waals surface area contributed by atoms with Gasteiger partial charge in [-0.3, -0.25) is 9.59 Å². The van der Waals surface area contributed by atoms with Crippen LogP contribution in [0.1, 0.15) is 53.6 Å². The SMILES string of the molecule is COc1cc(OC)c2c(c1)OC1(CCN(C(=O)CCCOc3c(C)cccc3C)CC1)CC2=O. The van der Waals surface area contributed by atoms with Crippen molar-refractivity contribution in [3.05, 3.63) is 47.0 Å². The summed E-state index contributed by atoms with van der Waals surface area (Å²) < 4.78 is 23.0. The molecule has 0 radical (unpaired) electrons. The second-order valence-corrected chi connectivity index (χ2v) is 9.14. The Hall–Kier alpha value is -3.22. The van der Waals surface area contributed by atoms with Crippen molar-refractivity contribution in [1.29, 1.82) is 0 Å². The van der Waals surface area contributed by atoms with E-state index in [0.717, 1.165) is 16.9 Å². The molecule has 2 aromatic rings. The number of carbonyl (C=O) groups excluding carboxylic acids is 2. The monoisotopic (exact) mass is 467 g/mol. The zero-order valence-corrected chi connectivity index (χ0v) is 20.4. The number of Topliss-reactive ketones (excluding diaryl/α,β-unsaturated/α-hetero) is 1. The third-order valence-electron chi connectivity index (χ3n) is 6.80. The highest BCUT2D eigenvalue weighted by Crippen LogP contribution is 2.44. The van der Waals surface area contributed by atoms with Gasteiger partial charge in [-0.25, -0.2) is 0 Å². The Morgan fingerprint density at radius 1 is 1.09 bits per heavy atom. The van der Waals surface area contributed by atoms with Gasteiger partial charge in [0.25, 0.3) is 0 Å². The quantitative estimate of drug-likeness (QED) is 0.558. The van der Waals surface area contributed by atoms with Gasteiger partial charge < -0.3 is 23.8 Å². The minimum atomic E-state index is -0.594. The molecule has 0 bridgehead atoms. The summed E-state index contributed by atoms with van der Waals surface area (Å²) in [5.74, 6) is 2.56. The van der Waals surface area contributed by atoms with Gasteiger partial charge in [0.1, 0.15) is 34.2 Å². The number of hydrogen-bond donors (Lipinski definition) is 0. The molecule has 2 aliphatic heterocycles. The normalized spacial score (nSPS) is 16.6. The summed E-state index contributed by atoms with van der Waals surface area (Å²) >= 11 is 0. The maximum absolute atomic E-state index is 13.0. The van der Waals surface area contributed by atoms with Gasteiger partial charge in [-0.1, -0.05) is 18.2 Å². The Kier molecular flexibility index (Phi) is 7.00. The minimum Gasteiger partial charge on any atom is -0.496 e. The Bertz CT molecular complexity index is 1050. The average molecular weight is 468 g/mol. The van der Waals surface area contributed by atoms with Crippen LogP contribution in [0, 0.1) is 13.8 Å². The number of rotatable bonds is 7. The highest BCUT2D eigenvalue weighted by Gasteiger charge is 2.44. The molecule has 1 saturated heterocycles. The van der Waals surface area contributed by atoms with Crippen LogP contribution in [-0.4, -0.2) is 56.1 Å². The number of hydrogen-bond acceptors (Lipinski definition) is 6. The van der Waals surface area contributed by atoms with Crippen LogP contribution in [-0.2, 0) is 4.79 Å². The van der Waals surface area contributed by atoms with Crippen LogP contribution < -0.4 is 18.9 Å². The number of fused-ring (bicyclic) bond motifs is 1. The topological polar surface area (TPSA) is 74.3 Å². The highest BCUT2D eigenvalue weighted by atomic mass is 16.5. The molecule has 1 spiro atoms. The van der Waals surface area contributed by atoms with Crippen LogP contribution in [0.4, 0.5) is 0 Å². The van der Waals surface area contributed by atoms with Crippen molar-refractivity contribution in [1.82, 2.24) is 4.90 Å². The number of likely N-dealkylation sites (tertiary alicyclic amines) is 1. The predicted octanol–water partition coefficient (Wildman–Crippen LogP) is 4.51. The average Bonchev–Trinajstić information content (AvgIpc) is 2.82. The van der Waals surface area contributed by atoms with Crippen molar-refractivity contribution in [2.24, 2.45) is 0 Å². The summed E-state index contributed by atoms with van der Waals surface area (Å²) in [6.07, 6.45) is 2.62. The molecular formula is C27H33NO6. The number of ketones is 1. The molecule has 0 aromatic heterocycles. The lowest BCUT2D eigenvalue weighted by Gasteiger charge is -2.44. The van der Waals surface area contributed by atoms with Crippen LogP contribution in [0.3, 0.4) is 0 Å². The molecule has 7 heteroatoms. The largest absolute Gasteiger partial charge is 0.496 e. The maximum Gasteiger partial charge on any atom is 0.222 e. The molecule has 2 heterocycles. The van der Waals surface area contributed by atoms with E-state index in [1.807, 2.05) is 36.9 Å². The predicted molar refractivity (Wildman–Crippen MR) is 128 cm³/mol. The molecule has 1 fully saturated rings. The van der Waals surface area contributed by atoms with Crippen molar-refractivity contribution in [3.8, 4) is 23.0 Å². The van der Waals surface area contributed by atoms with E-state index < -0.39 is 5.60 Å². The van der Waals surface area contributed by atoms with E-state index in [9.17, 15) is 9.59 Å². The van der Waals surface area contributed by atoms with Crippen molar-refractivity contribution in [2.45, 2.75) is 51.6 Å². The van der Waals surface area contributed by atoms with Gasteiger partial charge in [-0.2, -0.15) is 0 Å². The summed E-state index contributed by atoms with van der Waals surface area (Å²) in [6.45, 7) is 5.70. The molecule has 7 nitrogen and oxygen atoms in total. The van der Waals surface area contributed by atoms with Crippen LogP contribution in [0.2, 0.25) is 0 Å². The molecular weight excluding hydrogens is 434 g/mol. The Labute approximate surface area is 200 Å². The van der Waals surface area contributed by atoms with E-state index >= 15 is 0 Å². The first kappa shape index (κ1) is 23.9. The van der Waals surface area contributed by atoms with Crippen molar-refractivity contribution in [2.75, 3.05) is 33.9 Å². The van der Waals surface area contributed by atoms with Crippen molar-refractivity contribution in [3.63, 3.8) is 0 Å². The number of nitrogens with zero attached hydrogens (tertiary/aromatic N) is 1. The van der Waals surface area contributed by atoms with Gasteiger partial charge >= 0.3 is 0 Å². The third kappa shape index (κ3) is 4.83. The zero-order valence-electron chi connectivity index (χ0n) is 20.4. The molecule has 0 saturated carbocycles. The van der Waals surface area contributed by atoms with Crippen molar-refractivity contribution >= 4 is 11.7 Å². The van der Waals surface area contributed by atoms with E-state index in [0.29, 0.717) is 68.2 Å². The standard InChI is InChI=1S/C27H33NO6/c1-18-7-5-8-19(2)26(18)33-14-6-9-24(30)28-12-10-27(11-13-28)17-21(29)25-22(32-4)15-20(31-3)16-23(25)34-27/h5,7-8,15-16H,6,9-14,17H2,1-4H3. The van der Waals surface area contributed by atoms with E-state index in [4.69, 9.17) is 18.9 Å². The fourth-order valence-corrected chi connectivity index (χ4v) is 4.88. The fourth-order valence-electron chi connectivity index (χ4n) is 4.88. The van der Waals surface area contributed by atoms with Crippen LogP contribution in [0.15, 0.2) is 30.3 Å². The Balaban J connectivity index is 1.31. The molecule has 2 aliphatic rings. The molecule has 0 unspecified atom stereocenters. The second kappa shape index (κ2) is 9.95. The van der Waals surface area contributed by atoms with Crippen LogP contribution in [0.5, 0.6) is 23.0 Å². The highest BCUT2D eigenvalue weighted by molar-refractivity contribution is 6.03. The first-order chi connectivity index (χ1) is 16.4. The number of carbonyl (C=O) groups is 2. The Morgan fingerprint density at radius 2 is 1.79 bits per heavy atom. The third-order valence-corrected chi connectivity index (χ3v) is 6.80. The zero-order chi connectivity index (χ0) is 24.3. The van der Waals surface area contributed by atoms with Gasteiger partial charge in [0.2, 0.25) is 5.91 Å². The number of methoxy groups -OCH3 is 2. The van der Waals surface area contributed by atoms with E-state index in [-0.39, 0.29) is 18.1 Å². The number of ether oxygens (including phenoxy) is 4. The van der Waals surface area contributed by atoms with Crippen molar-refractivity contribution < 1.29 is 28.5 Å². The smallest absolute Gasteiger partial charge is 0.222 e. The summed E-state index contributed by atoms with van der Waals surface area (Å²) in [7, 11) is 3.10. The van der Waals surface area contributed by atoms with E-state index in [2.05, 4.69) is 0 Å². The fraction of sp³-hybridized carbons (Fsp3) is 0.481. The summed E-state index contributed by atoms with van der Waals surface area (Å²) in [4.78, 5) is 27.6. The number of benzene rings is 2. The van der Waals surface area contributed by atoms with Gasteiger partial charge in [0.05, 0.1) is 27.2 Å². The van der Waals surface area contributed by atoms with E-state index in [1.54, 1.807) is 19.2 Å². The summed E-state index contributed by atoms with van der Waals surface area (Å²) in [6, 6.07) is 9.51. The molecule has 0 aliphatic carbocycles. The molecule has 2 aromatic carbocycles. The minimum absolute atomic E-state index is 0.00387. The van der Waals surface area contributed by atoms with Crippen LogP contribution in [0.25, 0.3) is 0 Å². The lowest BCUT2D eigenvalue weighted by atomic mass is 9.82. The lowest BCUT2D eigenvalue weighted by molar-refractivity contribution is -0.135. The molecule has 0 N–H and O–H groups in total. The number of aryl methyl sites for hydroxylation is 2. The van der Waals surface area contributed by atoms with E-state index in [1.165, 1.54) is 7.11 Å². The summed E-state index contributed by atoms with van der Waals surface area (Å²) in [5.41, 5.74) is 2.08. The number of piperidine rings is 1. The molecule has 1 amide bonds. The molecule has 0 atom stereocenters. The van der Waals surface area contributed by atoms with Gasteiger partial charge in [0, 0.05) is 44.5 Å². The molecule has 4 rings (SSSR count). The van der Waals surface area contributed by atoms with Gasteiger partial charge in [-0.15, -0.1) is 0 Å². The Morgan fingerprint density at radius 3 is 2.44 bits per heavy atom. The van der Waals surface area contributed by atoms with Crippen LogP contribution >= 0.6 is 0 Å². The first-order valence-corrected chi connectivity index (χ1v) is 11.8. The second-order valence-electron chi connectivity index (χ2n) is 9.14. The molecule has 34 heavy (non-hydrogen) atoms. The number of para-hydroxylation sites is 1. The lowest BCUT2D eigenvalue weighted by Crippen LogP contribution is -2.52. The van der Waals surface area contributed by atoms with Gasteiger partial charge in [-0.05, 0) is 31.4 Å². The van der Waals surface area contributed by atoms with Gasteiger partial charge in [0.15, 0.2) is 5.78 Å². The molecule has 182 valence electrons. The first-order valence-electron chi connectivity index (χ1n) is 11.8. The number of amides is 1. The maximum atomic E-state index is 13.0. The summed E-state index contributed by atoms with van der Waals surface area (Å²) in [5, 5.41) is 0.